The highest BCUT2D eigenvalue weighted by molar-refractivity contribution is 5.14. The summed E-state index contributed by atoms with van der Waals surface area (Å²) in [5.74, 6) is -1.21. The third kappa shape index (κ3) is 7.55. The Morgan fingerprint density at radius 2 is 1.20 bits per heavy atom. The van der Waals surface area contributed by atoms with E-state index in [0.717, 1.165) is 81.8 Å². The summed E-state index contributed by atoms with van der Waals surface area (Å²) < 4.78 is 45.7. The van der Waals surface area contributed by atoms with Crippen LogP contribution in [0.1, 0.15) is 94.6 Å². The number of unbranched alkanes of at least 4 members (excludes halogenated alkanes) is 1. The molecule has 2 spiro atoms. The predicted octanol–water partition coefficient (Wildman–Crippen LogP) is 6.61. The topological polar surface area (TPSA) is 84.8 Å². The van der Waals surface area contributed by atoms with Crippen LogP contribution in [0.2, 0.25) is 0 Å². The number of aliphatic hydroxyl groups is 1. The molecule has 5 fully saturated rings. The van der Waals surface area contributed by atoms with E-state index in [4.69, 9.17) is 33.2 Å². The standard InChI is InChI=1S/C38H52O8/c39-31-32(34-36(46-38(44-34)22-12-4-13-23-38)35-33(31)43-37(45-35)20-10-3-11-21-37)41-24-14-9-19-30(42-26-29-17-7-2-8-18-29)27-40-25-28-15-5-1-6-16-28/h1-2,5-8,15-18,30-36,39H,3-4,9-14,19-27H2/t30?,31-,32-,33-,34+,35-,36-/m1/s1. The maximum atomic E-state index is 11.7. The van der Waals surface area contributed by atoms with Gasteiger partial charge in [-0.05, 0) is 56.1 Å². The molecular weight excluding hydrogens is 584 g/mol. The Hall–Kier alpha value is -1.88. The Balaban J connectivity index is 0.948. The average molecular weight is 637 g/mol. The third-order valence-electron chi connectivity index (χ3n) is 10.6. The van der Waals surface area contributed by atoms with Crippen molar-refractivity contribution in [3.63, 3.8) is 0 Å². The Kier molecular flexibility index (Phi) is 10.7. The maximum Gasteiger partial charge on any atom is 0.169 e. The van der Waals surface area contributed by atoms with Gasteiger partial charge in [0.2, 0.25) is 0 Å². The number of ether oxygens (including phenoxy) is 7. The van der Waals surface area contributed by atoms with Crippen molar-refractivity contribution >= 4 is 0 Å². The first kappa shape index (κ1) is 32.7. The lowest BCUT2D eigenvalue weighted by Crippen LogP contribution is -2.62. The zero-order valence-corrected chi connectivity index (χ0v) is 27.1. The number of fused-ring (bicyclic) bond motifs is 3. The van der Waals surface area contributed by atoms with E-state index in [1.54, 1.807) is 0 Å². The number of aliphatic hydroxyl groups excluding tert-OH is 1. The molecule has 8 heteroatoms. The summed E-state index contributed by atoms with van der Waals surface area (Å²) in [6.45, 7) is 2.17. The molecule has 3 saturated carbocycles. The molecule has 2 aromatic carbocycles. The monoisotopic (exact) mass is 636 g/mol. The summed E-state index contributed by atoms with van der Waals surface area (Å²) in [4.78, 5) is 0. The van der Waals surface area contributed by atoms with Crippen molar-refractivity contribution in [2.45, 2.75) is 151 Å². The Labute approximate surface area is 274 Å². The van der Waals surface area contributed by atoms with Crippen LogP contribution >= 0.6 is 0 Å². The average Bonchev–Trinajstić information content (AvgIpc) is 3.64. The zero-order chi connectivity index (χ0) is 31.2. The van der Waals surface area contributed by atoms with Crippen LogP contribution in [0.15, 0.2) is 60.7 Å². The van der Waals surface area contributed by atoms with Crippen LogP contribution in [-0.4, -0.2) is 72.6 Å². The van der Waals surface area contributed by atoms with Crippen molar-refractivity contribution in [2.75, 3.05) is 13.2 Å². The smallest absolute Gasteiger partial charge is 0.169 e. The van der Waals surface area contributed by atoms with Crippen LogP contribution in [0.3, 0.4) is 0 Å². The Bertz CT molecular complexity index is 1200. The second-order valence-corrected chi connectivity index (χ2v) is 14.0. The fourth-order valence-corrected chi connectivity index (χ4v) is 8.15. The van der Waals surface area contributed by atoms with Crippen molar-refractivity contribution in [2.24, 2.45) is 0 Å². The van der Waals surface area contributed by atoms with E-state index >= 15 is 0 Å². The third-order valence-corrected chi connectivity index (χ3v) is 10.6. The predicted molar refractivity (Wildman–Crippen MR) is 172 cm³/mol. The molecule has 0 aromatic heterocycles. The lowest BCUT2D eigenvalue weighted by atomic mass is 9.85. The first-order valence-electron chi connectivity index (χ1n) is 17.9. The van der Waals surface area contributed by atoms with Crippen molar-refractivity contribution in [1.29, 1.82) is 0 Å². The fourth-order valence-electron chi connectivity index (χ4n) is 8.15. The van der Waals surface area contributed by atoms with Crippen LogP contribution < -0.4 is 0 Å². The molecule has 7 rings (SSSR count). The normalized spacial score (nSPS) is 31.9. The van der Waals surface area contributed by atoms with Gasteiger partial charge in [0.25, 0.3) is 0 Å². The fraction of sp³-hybridized carbons (Fsp3) is 0.684. The number of hydrogen-bond donors (Lipinski definition) is 1. The summed E-state index contributed by atoms with van der Waals surface area (Å²) in [5, 5.41) is 11.7. The molecule has 7 atom stereocenters. The molecule has 0 amide bonds. The van der Waals surface area contributed by atoms with Gasteiger partial charge >= 0.3 is 0 Å². The van der Waals surface area contributed by atoms with Crippen LogP contribution in [0.25, 0.3) is 0 Å². The summed E-state index contributed by atoms with van der Waals surface area (Å²) in [5.41, 5.74) is 2.31. The molecule has 1 N–H and O–H groups in total. The second-order valence-electron chi connectivity index (χ2n) is 14.0. The minimum absolute atomic E-state index is 0.0252. The van der Waals surface area contributed by atoms with Crippen LogP contribution in [0, 0.1) is 0 Å². The number of rotatable bonds is 13. The molecule has 2 aliphatic heterocycles. The summed E-state index contributed by atoms with van der Waals surface area (Å²) in [7, 11) is 0. The zero-order valence-electron chi connectivity index (χ0n) is 27.1. The quantitative estimate of drug-likeness (QED) is 0.246. The number of benzene rings is 2. The van der Waals surface area contributed by atoms with E-state index in [1.165, 1.54) is 12.8 Å². The van der Waals surface area contributed by atoms with Crippen molar-refractivity contribution in [1.82, 2.24) is 0 Å². The van der Waals surface area contributed by atoms with E-state index in [2.05, 4.69) is 24.3 Å². The van der Waals surface area contributed by atoms with E-state index < -0.39 is 29.9 Å². The van der Waals surface area contributed by atoms with Gasteiger partial charge in [0.15, 0.2) is 11.6 Å². The highest BCUT2D eigenvalue weighted by Gasteiger charge is 2.66. The van der Waals surface area contributed by atoms with Gasteiger partial charge in [-0.15, -0.1) is 0 Å². The van der Waals surface area contributed by atoms with Gasteiger partial charge in [0.05, 0.1) is 25.9 Å². The molecule has 8 nitrogen and oxygen atoms in total. The SMILES string of the molecule is O[C@@H]1[C@@H](OCCCCC(COCc2ccccc2)OCc2ccccc2)[C@@H]2OC3(CCCCC3)O[C@H]2[C@@H]2OC3(CCCCC3)O[C@H]12. The van der Waals surface area contributed by atoms with Gasteiger partial charge in [0, 0.05) is 32.3 Å². The molecule has 2 heterocycles. The molecule has 5 aliphatic rings. The van der Waals surface area contributed by atoms with Gasteiger partial charge in [-0.25, -0.2) is 0 Å². The van der Waals surface area contributed by atoms with Gasteiger partial charge in [0.1, 0.15) is 36.6 Å². The summed E-state index contributed by atoms with van der Waals surface area (Å²) >= 11 is 0. The lowest BCUT2D eigenvalue weighted by Gasteiger charge is -2.40. The van der Waals surface area contributed by atoms with Crippen molar-refractivity contribution in [3.8, 4) is 0 Å². The van der Waals surface area contributed by atoms with Crippen molar-refractivity contribution < 1.29 is 38.3 Å². The van der Waals surface area contributed by atoms with E-state index in [0.29, 0.717) is 26.4 Å². The molecule has 46 heavy (non-hydrogen) atoms. The number of hydrogen-bond acceptors (Lipinski definition) is 8. The molecule has 2 saturated heterocycles. The van der Waals surface area contributed by atoms with Gasteiger partial charge in [-0.2, -0.15) is 0 Å². The highest BCUT2D eigenvalue weighted by atomic mass is 16.8. The van der Waals surface area contributed by atoms with Crippen LogP contribution in [-0.2, 0) is 46.4 Å². The van der Waals surface area contributed by atoms with Crippen molar-refractivity contribution in [3.05, 3.63) is 71.8 Å². The molecule has 252 valence electrons. The van der Waals surface area contributed by atoms with Gasteiger partial charge in [-0.3, -0.25) is 0 Å². The molecule has 0 bridgehead atoms. The first-order valence-corrected chi connectivity index (χ1v) is 17.9. The molecule has 3 aliphatic carbocycles. The summed E-state index contributed by atoms with van der Waals surface area (Å²) in [6.07, 6.45) is 10.00. The van der Waals surface area contributed by atoms with E-state index in [1.807, 2.05) is 36.4 Å². The van der Waals surface area contributed by atoms with Gasteiger partial charge in [-0.1, -0.05) is 73.5 Å². The van der Waals surface area contributed by atoms with E-state index in [9.17, 15) is 5.11 Å². The minimum atomic E-state index is -0.830. The van der Waals surface area contributed by atoms with Crippen LogP contribution in [0.5, 0.6) is 0 Å². The largest absolute Gasteiger partial charge is 0.387 e. The second kappa shape index (κ2) is 15.1. The lowest BCUT2D eigenvalue weighted by molar-refractivity contribution is -0.227. The Morgan fingerprint density at radius 1 is 0.652 bits per heavy atom. The Morgan fingerprint density at radius 3 is 1.83 bits per heavy atom. The summed E-state index contributed by atoms with van der Waals surface area (Å²) in [6, 6.07) is 20.5. The molecule has 1 unspecified atom stereocenters. The van der Waals surface area contributed by atoms with Crippen LogP contribution in [0.4, 0.5) is 0 Å². The minimum Gasteiger partial charge on any atom is -0.387 e. The van der Waals surface area contributed by atoms with E-state index in [-0.39, 0.29) is 24.4 Å². The maximum absolute atomic E-state index is 11.7. The molecule has 0 radical (unpaired) electrons. The highest BCUT2D eigenvalue weighted by Crippen LogP contribution is 2.51. The molecular formula is C38H52O8. The molecule has 2 aromatic rings. The first-order chi connectivity index (χ1) is 22.6. The van der Waals surface area contributed by atoms with Gasteiger partial charge < -0.3 is 38.3 Å².